The first kappa shape index (κ1) is 18.9. The summed E-state index contributed by atoms with van der Waals surface area (Å²) in [5, 5.41) is 11.3. The highest BCUT2D eigenvalue weighted by atomic mass is 19.3. The molecule has 0 bridgehead atoms. The van der Waals surface area contributed by atoms with Crippen LogP contribution < -0.4 is 4.74 Å². The van der Waals surface area contributed by atoms with Crippen molar-refractivity contribution in [2.24, 2.45) is 0 Å². The van der Waals surface area contributed by atoms with Crippen LogP contribution in [-0.2, 0) is 6.42 Å². The van der Waals surface area contributed by atoms with Crippen LogP contribution in [0.4, 0.5) is 8.78 Å². The smallest absolute Gasteiger partial charge is 0.282 e. The van der Waals surface area contributed by atoms with Gasteiger partial charge in [-0.15, -0.1) is 5.10 Å². The van der Waals surface area contributed by atoms with Crippen LogP contribution in [0.3, 0.4) is 0 Å². The van der Waals surface area contributed by atoms with Crippen molar-refractivity contribution in [3.8, 4) is 17.1 Å². The zero-order valence-electron chi connectivity index (χ0n) is 15.4. The Morgan fingerprint density at radius 3 is 2.37 bits per heavy atom. The zero-order chi connectivity index (χ0) is 19.4. The molecule has 142 valence electrons. The first-order valence-electron chi connectivity index (χ1n) is 8.59. The van der Waals surface area contributed by atoms with E-state index in [1.165, 1.54) is 6.07 Å². The minimum Gasteiger partial charge on any atom is -0.493 e. The molecule has 0 aliphatic carbocycles. The molecule has 8 heteroatoms. The summed E-state index contributed by atoms with van der Waals surface area (Å²) < 4.78 is 35.9. The first-order valence-corrected chi connectivity index (χ1v) is 8.59. The van der Waals surface area contributed by atoms with Gasteiger partial charge in [0, 0.05) is 12.5 Å². The maximum Gasteiger partial charge on any atom is 0.282 e. The topological polar surface area (TPSA) is 73.9 Å². The van der Waals surface area contributed by atoms with Gasteiger partial charge >= 0.3 is 0 Å². The van der Waals surface area contributed by atoms with Gasteiger partial charge in [0.2, 0.25) is 11.7 Å². The number of halogens is 2. The highest BCUT2D eigenvalue weighted by molar-refractivity contribution is 5.60. The van der Waals surface area contributed by atoms with Gasteiger partial charge in [-0.25, -0.2) is 8.78 Å². The van der Waals surface area contributed by atoms with E-state index in [0.717, 1.165) is 22.4 Å². The number of aromatic nitrogens is 4. The van der Waals surface area contributed by atoms with Crippen LogP contribution in [-0.4, -0.2) is 26.9 Å². The molecule has 0 aliphatic heterocycles. The van der Waals surface area contributed by atoms with Crippen molar-refractivity contribution in [3.63, 3.8) is 0 Å². The van der Waals surface area contributed by atoms with Crippen LogP contribution in [0.15, 0.2) is 28.8 Å². The van der Waals surface area contributed by atoms with Crippen molar-refractivity contribution in [2.75, 3.05) is 6.61 Å². The molecule has 0 N–H and O–H groups in total. The summed E-state index contributed by atoms with van der Waals surface area (Å²) in [6.45, 7) is 6.17. The summed E-state index contributed by atoms with van der Waals surface area (Å²) in [4.78, 5) is 4.24. The molecule has 0 fully saturated rings. The van der Waals surface area contributed by atoms with Crippen LogP contribution >= 0.6 is 0 Å². The predicted octanol–water partition coefficient (Wildman–Crippen LogP) is 4.40. The fourth-order valence-corrected chi connectivity index (χ4v) is 2.77. The number of aryl methyl sites for hydroxylation is 4. The highest BCUT2D eigenvalue weighted by Crippen LogP contribution is 2.29. The van der Waals surface area contributed by atoms with Crippen LogP contribution in [0.1, 0.15) is 41.3 Å². The van der Waals surface area contributed by atoms with Gasteiger partial charge in [-0.3, -0.25) is 0 Å². The third kappa shape index (κ3) is 4.64. The van der Waals surface area contributed by atoms with Crippen LogP contribution in [0.25, 0.3) is 11.4 Å². The second-order valence-electron chi connectivity index (χ2n) is 6.28. The Balaban J connectivity index is 1.58. The number of hydrogen-bond donors (Lipinski definition) is 0. The lowest BCUT2D eigenvalue weighted by Crippen LogP contribution is -2.04. The number of rotatable bonds is 7. The molecule has 2 aromatic heterocycles. The number of hydrogen-bond acceptors (Lipinski definition) is 6. The SMILES string of the molecule is Cc1nc(-c2cc(C)c(OCCCc3ccc(C(F)F)nn3)c(C)c2)no1. The molecule has 1 aromatic carbocycles. The molecule has 0 amide bonds. The first-order chi connectivity index (χ1) is 12.9. The Bertz CT molecular complexity index is 887. The fraction of sp³-hybridized carbons (Fsp3) is 0.368. The average Bonchev–Trinajstić information content (AvgIpc) is 3.07. The van der Waals surface area contributed by atoms with Crippen molar-refractivity contribution in [1.29, 1.82) is 0 Å². The molecule has 0 radical (unpaired) electrons. The van der Waals surface area contributed by atoms with Gasteiger partial charge in [0.05, 0.1) is 12.3 Å². The standard InChI is InChI=1S/C19H20F2N4O2/c1-11-9-14(19-22-13(3)27-25-19)10-12(2)17(11)26-8-4-5-15-6-7-16(18(20)21)24-23-15/h6-7,9-10,18H,4-5,8H2,1-3H3. The largest absolute Gasteiger partial charge is 0.493 e. The Morgan fingerprint density at radius 2 is 1.81 bits per heavy atom. The zero-order valence-corrected chi connectivity index (χ0v) is 15.4. The Kier molecular flexibility index (Phi) is 5.73. The molecular weight excluding hydrogens is 354 g/mol. The summed E-state index contributed by atoms with van der Waals surface area (Å²) in [6, 6.07) is 6.80. The third-order valence-corrected chi connectivity index (χ3v) is 4.03. The van der Waals surface area contributed by atoms with Gasteiger partial charge in [0.15, 0.2) is 0 Å². The molecule has 0 unspecified atom stereocenters. The van der Waals surface area contributed by atoms with Gasteiger partial charge in [0.1, 0.15) is 11.4 Å². The van der Waals surface area contributed by atoms with E-state index in [0.29, 0.717) is 36.9 Å². The molecule has 2 heterocycles. The van der Waals surface area contributed by atoms with E-state index in [4.69, 9.17) is 9.26 Å². The monoisotopic (exact) mass is 374 g/mol. The number of benzene rings is 1. The summed E-state index contributed by atoms with van der Waals surface area (Å²) in [6.07, 6.45) is -1.29. The minimum absolute atomic E-state index is 0.307. The van der Waals surface area contributed by atoms with E-state index in [1.54, 1.807) is 13.0 Å². The summed E-state index contributed by atoms with van der Waals surface area (Å²) in [7, 11) is 0. The molecule has 6 nitrogen and oxygen atoms in total. The van der Waals surface area contributed by atoms with E-state index < -0.39 is 6.43 Å². The maximum atomic E-state index is 12.5. The van der Waals surface area contributed by atoms with Gasteiger partial charge in [0.25, 0.3) is 6.43 Å². The van der Waals surface area contributed by atoms with Crippen molar-refractivity contribution in [3.05, 3.63) is 52.7 Å². The quantitative estimate of drug-likeness (QED) is 0.571. The molecule has 0 atom stereocenters. The van der Waals surface area contributed by atoms with Crippen LogP contribution in [0.5, 0.6) is 5.75 Å². The normalized spacial score (nSPS) is 11.2. The van der Waals surface area contributed by atoms with Gasteiger partial charge in [-0.05, 0) is 62.1 Å². The Morgan fingerprint density at radius 1 is 1.07 bits per heavy atom. The lowest BCUT2D eigenvalue weighted by Gasteiger charge is -2.13. The van der Waals surface area contributed by atoms with Gasteiger partial charge in [-0.1, -0.05) is 5.16 Å². The van der Waals surface area contributed by atoms with E-state index in [9.17, 15) is 8.78 Å². The van der Waals surface area contributed by atoms with E-state index in [1.807, 2.05) is 26.0 Å². The van der Waals surface area contributed by atoms with E-state index >= 15 is 0 Å². The molecule has 0 saturated carbocycles. The number of ether oxygens (including phenoxy) is 1. The average molecular weight is 374 g/mol. The van der Waals surface area contributed by atoms with Crippen molar-refractivity contribution < 1.29 is 18.0 Å². The van der Waals surface area contributed by atoms with Crippen LogP contribution in [0.2, 0.25) is 0 Å². The van der Waals surface area contributed by atoms with Crippen molar-refractivity contribution in [1.82, 2.24) is 20.3 Å². The molecule has 0 aliphatic rings. The second-order valence-corrected chi connectivity index (χ2v) is 6.28. The van der Waals surface area contributed by atoms with E-state index in [-0.39, 0.29) is 5.69 Å². The Labute approximate surface area is 155 Å². The summed E-state index contributed by atoms with van der Waals surface area (Å²) in [5.74, 6) is 1.89. The second kappa shape index (κ2) is 8.20. The fourth-order valence-electron chi connectivity index (χ4n) is 2.77. The summed E-state index contributed by atoms with van der Waals surface area (Å²) in [5.41, 5.74) is 3.20. The van der Waals surface area contributed by atoms with Crippen molar-refractivity contribution in [2.45, 2.75) is 40.0 Å². The maximum absolute atomic E-state index is 12.5. The van der Waals surface area contributed by atoms with Gasteiger partial charge in [-0.2, -0.15) is 10.1 Å². The number of alkyl halides is 2. The van der Waals surface area contributed by atoms with E-state index in [2.05, 4.69) is 20.3 Å². The van der Waals surface area contributed by atoms with Crippen molar-refractivity contribution >= 4 is 0 Å². The number of nitrogens with zero attached hydrogens (tertiary/aromatic N) is 4. The molecule has 3 rings (SSSR count). The molecule has 0 saturated heterocycles. The molecule has 3 aromatic rings. The molecule has 27 heavy (non-hydrogen) atoms. The molecule has 0 spiro atoms. The Hall–Kier alpha value is -2.90. The summed E-state index contributed by atoms with van der Waals surface area (Å²) >= 11 is 0. The molecular formula is C19H20F2N4O2. The third-order valence-electron chi connectivity index (χ3n) is 4.03. The van der Waals surface area contributed by atoms with Crippen LogP contribution in [0, 0.1) is 20.8 Å². The minimum atomic E-state index is -2.60. The lowest BCUT2D eigenvalue weighted by molar-refractivity contribution is 0.144. The predicted molar refractivity (Wildman–Crippen MR) is 94.8 cm³/mol. The lowest BCUT2D eigenvalue weighted by atomic mass is 10.1. The highest BCUT2D eigenvalue weighted by Gasteiger charge is 2.12. The van der Waals surface area contributed by atoms with Gasteiger partial charge < -0.3 is 9.26 Å².